The van der Waals surface area contributed by atoms with E-state index in [2.05, 4.69) is 33.9 Å². The van der Waals surface area contributed by atoms with Crippen molar-refractivity contribution in [1.82, 2.24) is 0 Å². The Labute approximate surface area is 169 Å². The molecule has 1 atom stereocenters. The molecule has 0 aromatic heterocycles. The van der Waals surface area contributed by atoms with E-state index in [-0.39, 0.29) is 17.2 Å². The minimum absolute atomic E-state index is 0.0690. The summed E-state index contributed by atoms with van der Waals surface area (Å²) in [5.74, 6) is 0.229. The summed E-state index contributed by atoms with van der Waals surface area (Å²) in [5.41, 5.74) is 1.54. The molecule has 0 aliphatic carbocycles. The van der Waals surface area contributed by atoms with Crippen LogP contribution in [0.4, 0.5) is 0 Å². The number of carboxylic acid groups (broad SMARTS) is 1. The number of rotatable bonds is 7. The molecule has 0 saturated carbocycles. The Bertz CT molecular complexity index is 804. The van der Waals surface area contributed by atoms with Crippen LogP contribution < -0.4 is 4.43 Å². The zero-order valence-electron chi connectivity index (χ0n) is 17.7. The molecule has 2 rings (SSSR count). The van der Waals surface area contributed by atoms with Gasteiger partial charge in [-0.25, -0.2) is 0 Å². The number of carboxylic acids is 1. The standard InChI is InChI=1S/C23H32O4Si/c1-22(2,3)28(5,6)27-20-13-9-18(10-14-20)23(4,16-15-21(25)26)17-7-11-19(24)12-8-17/h7-14,24H,15-16H2,1-6H3,(H,25,26). The minimum atomic E-state index is -1.91. The summed E-state index contributed by atoms with van der Waals surface area (Å²) < 4.78 is 6.37. The van der Waals surface area contributed by atoms with Crippen molar-refractivity contribution in [2.45, 2.75) is 64.1 Å². The van der Waals surface area contributed by atoms with E-state index in [0.717, 1.165) is 16.9 Å². The molecule has 5 heteroatoms. The van der Waals surface area contributed by atoms with Crippen LogP contribution in [0.5, 0.6) is 11.5 Å². The Morgan fingerprint density at radius 1 is 0.929 bits per heavy atom. The lowest BCUT2D eigenvalue weighted by Crippen LogP contribution is -2.43. The van der Waals surface area contributed by atoms with Gasteiger partial charge in [-0.3, -0.25) is 4.79 Å². The summed E-state index contributed by atoms with van der Waals surface area (Å²) >= 11 is 0. The first kappa shape index (κ1) is 22.0. The number of aliphatic carboxylic acids is 1. The molecular formula is C23H32O4Si. The second kappa shape index (κ2) is 8.00. The lowest BCUT2D eigenvalue weighted by Gasteiger charge is -2.36. The first-order valence-corrected chi connectivity index (χ1v) is 12.6. The summed E-state index contributed by atoms with van der Waals surface area (Å²) in [6.07, 6.45) is 0.537. The summed E-state index contributed by atoms with van der Waals surface area (Å²) in [6, 6.07) is 15.0. The van der Waals surface area contributed by atoms with Crippen LogP contribution in [0.25, 0.3) is 0 Å². The van der Waals surface area contributed by atoms with Gasteiger partial charge in [0.25, 0.3) is 0 Å². The molecule has 0 heterocycles. The van der Waals surface area contributed by atoms with E-state index in [1.54, 1.807) is 12.1 Å². The first-order valence-electron chi connectivity index (χ1n) is 9.66. The quantitative estimate of drug-likeness (QED) is 0.564. The number of hydrogen-bond donors (Lipinski definition) is 2. The molecule has 1 unspecified atom stereocenters. The molecule has 0 spiro atoms. The number of hydrogen-bond acceptors (Lipinski definition) is 3. The Kier molecular flexibility index (Phi) is 6.29. The normalized spacial score (nSPS) is 14.4. The van der Waals surface area contributed by atoms with E-state index in [9.17, 15) is 15.0 Å². The lowest BCUT2D eigenvalue weighted by atomic mass is 9.73. The van der Waals surface area contributed by atoms with Crippen LogP contribution in [0, 0.1) is 0 Å². The van der Waals surface area contributed by atoms with E-state index in [4.69, 9.17) is 4.43 Å². The highest BCUT2D eigenvalue weighted by Gasteiger charge is 2.39. The molecule has 2 aromatic carbocycles. The van der Waals surface area contributed by atoms with Crippen LogP contribution in [0.3, 0.4) is 0 Å². The van der Waals surface area contributed by atoms with Gasteiger partial charge < -0.3 is 14.6 Å². The van der Waals surface area contributed by atoms with Gasteiger partial charge in [0, 0.05) is 11.8 Å². The molecule has 0 bridgehead atoms. The third-order valence-corrected chi connectivity index (χ3v) is 10.4. The summed E-state index contributed by atoms with van der Waals surface area (Å²) in [6.45, 7) is 13.1. The molecular weight excluding hydrogens is 368 g/mol. The van der Waals surface area contributed by atoms with Crippen LogP contribution in [0.15, 0.2) is 48.5 Å². The van der Waals surface area contributed by atoms with Gasteiger partial charge in [0.05, 0.1) is 0 Å². The van der Waals surface area contributed by atoms with Crippen LogP contribution in [-0.4, -0.2) is 24.5 Å². The molecule has 0 saturated heterocycles. The van der Waals surface area contributed by atoms with Crippen molar-refractivity contribution >= 4 is 14.3 Å². The van der Waals surface area contributed by atoms with Crippen LogP contribution in [0.2, 0.25) is 18.1 Å². The highest BCUT2D eigenvalue weighted by atomic mass is 28.4. The lowest BCUT2D eigenvalue weighted by molar-refractivity contribution is -0.137. The van der Waals surface area contributed by atoms with E-state index < -0.39 is 19.7 Å². The average Bonchev–Trinajstić information content (AvgIpc) is 2.59. The third kappa shape index (κ3) is 4.96. The van der Waals surface area contributed by atoms with Crippen molar-refractivity contribution < 1.29 is 19.4 Å². The zero-order chi connectivity index (χ0) is 21.2. The molecule has 0 aliphatic rings. The van der Waals surface area contributed by atoms with Crippen molar-refractivity contribution in [3.05, 3.63) is 59.7 Å². The number of phenols is 1. The van der Waals surface area contributed by atoms with Gasteiger partial charge in [-0.2, -0.15) is 0 Å². The van der Waals surface area contributed by atoms with Crippen LogP contribution >= 0.6 is 0 Å². The highest BCUT2D eigenvalue weighted by Crippen LogP contribution is 2.40. The average molecular weight is 401 g/mol. The molecule has 0 fully saturated rings. The fraction of sp³-hybridized carbons (Fsp3) is 0.435. The van der Waals surface area contributed by atoms with Crippen molar-refractivity contribution in [1.29, 1.82) is 0 Å². The fourth-order valence-corrected chi connectivity index (χ4v) is 4.01. The first-order chi connectivity index (χ1) is 12.8. The smallest absolute Gasteiger partial charge is 0.303 e. The molecule has 0 radical (unpaired) electrons. The van der Waals surface area contributed by atoms with Gasteiger partial charge in [-0.15, -0.1) is 0 Å². The summed E-state index contributed by atoms with van der Waals surface area (Å²) in [4.78, 5) is 11.2. The Morgan fingerprint density at radius 3 is 1.82 bits per heavy atom. The molecule has 0 aliphatic heterocycles. The van der Waals surface area contributed by atoms with E-state index in [0.29, 0.717) is 6.42 Å². The maximum atomic E-state index is 11.2. The van der Waals surface area contributed by atoms with Crippen molar-refractivity contribution in [3.63, 3.8) is 0 Å². The van der Waals surface area contributed by atoms with E-state index in [1.807, 2.05) is 43.3 Å². The third-order valence-electron chi connectivity index (χ3n) is 6.01. The monoisotopic (exact) mass is 400 g/mol. The molecule has 4 nitrogen and oxygen atoms in total. The minimum Gasteiger partial charge on any atom is -0.544 e. The van der Waals surface area contributed by atoms with Crippen molar-refractivity contribution in [2.75, 3.05) is 0 Å². The molecule has 2 N–H and O–H groups in total. The number of phenolic OH excluding ortho intramolecular Hbond substituents is 1. The van der Waals surface area contributed by atoms with Gasteiger partial charge in [0.2, 0.25) is 8.32 Å². The predicted octanol–water partition coefficient (Wildman–Crippen LogP) is 5.95. The van der Waals surface area contributed by atoms with Gasteiger partial charge in [-0.05, 0) is 59.9 Å². The Morgan fingerprint density at radius 2 is 1.39 bits per heavy atom. The second-order valence-corrected chi connectivity index (χ2v) is 13.9. The number of benzene rings is 2. The van der Waals surface area contributed by atoms with Gasteiger partial charge in [0.15, 0.2) is 0 Å². The SMILES string of the molecule is CC(CCC(=O)O)(c1ccc(O)cc1)c1ccc(O[Si](C)(C)C(C)(C)C)cc1. The van der Waals surface area contributed by atoms with Crippen LogP contribution in [0.1, 0.15) is 51.7 Å². The van der Waals surface area contributed by atoms with Gasteiger partial charge >= 0.3 is 5.97 Å². The maximum absolute atomic E-state index is 11.2. The van der Waals surface area contributed by atoms with Gasteiger partial charge in [0.1, 0.15) is 11.5 Å². The van der Waals surface area contributed by atoms with Gasteiger partial charge in [-0.1, -0.05) is 52.0 Å². The van der Waals surface area contributed by atoms with E-state index >= 15 is 0 Å². The molecule has 152 valence electrons. The highest BCUT2D eigenvalue weighted by molar-refractivity contribution is 6.74. The maximum Gasteiger partial charge on any atom is 0.303 e. The zero-order valence-corrected chi connectivity index (χ0v) is 18.7. The predicted molar refractivity (Wildman–Crippen MR) is 116 cm³/mol. The topological polar surface area (TPSA) is 66.8 Å². The fourth-order valence-electron chi connectivity index (χ4n) is 2.98. The number of aromatic hydroxyl groups is 1. The van der Waals surface area contributed by atoms with Crippen LogP contribution in [-0.2, 0) is 10.2 Å². The van der Waals surface area contributed by atoms with Crippen molar-refractivity contribution in [2.24, 2.45) is 0 Å². The Balaban J connectivity index is 2.36. The Hall–Kier alpha value is -2.27. The summed E-state index contributed by atoms with van der Waals surface area (Å²) in [7, 11) is -1.91. The molecule has 0 amide bonds. The number of carbonyl (C=O) groups is 1. The second-order valence-electron chi connectivity index (χ2n) is 9.16. The molecule has 2 aromatic rings. The van der Waals surface area contributed by atoms with E-state index in [1.165, 1.54) is 0 Å². The molecule has 28 heavy (non-hydrogen) atoms. The van der Waals surface area contributed by atoms with Crippen molar-refractivity contribution in [3.8, 4) is 11.5 Å². The summed E-state index contributed by atoms with van der Waals surface area (Å²) in [5, 5.41) is 18.9. The largest absolute Gasteiger partial charge is 0.544 e.